The molecule has 1 heterocycles. The molecule has 1 saturated heterocycles. The lowest BCUT2D eigenvalue weighted by molar-refractivity contribution is 0.0727. The molecule has 7 heteroatoms. The molecule has 2 rings (SSSR count). The van der Waals surface area contributed by atoms with Gasteiger partial charge in [-0.25, -0.2) is 8.42 Å². The lowest BCUT2D eigenvalue weighted by atomic mass is 10.1. The fraction of sp³-hybridized carbons (Fsp3) is 0.500. The molecule has 0 saturated carbocycles. The van der Waals surface area contributed by atoms with Crippen LogP contribution in [-0.4, -0.2) is 37.2 Å². The van der Waals surface area contributed by atoms with E-state index in [0.29, 0.717) is 5.75 Å². The van der Waals surface area contributed by atoms with Crippen molar-refractivity contribution in [3.8, 4) is 5.75 Å². The van der Waals surface area contributed by atoms with Gasteiger partial charge in [0.2, 0.25) is 0 Å². The molecule has 0 radical (unpaired) electrons. The number of nitrogens with two attached hydrogens (primary N) is 1. The van der Waals surface area contributed by atoms with Gasteiger partial charge in [-0.2, -0.15) is 0 Å². The molecule has 1 aromatic carbocycles. The molecular weight excluding hydrogens is 334 g/mol. The van der Waals surface area contributed by atoms with Crippen LogP contribution in [0.2, 0.25) is 0 Å². The number of benzene rings is 1. The van der Waals surface area contributed by atoms with E-state index in [-0.39, 0.29) is 18.1 Å². The molecule has 2 atom stereocenters. The lowest BCUT2D eigenvalue weighted by Crippen LogP contribution is -2.30. The highest BCUT2D eigenvalue weighted by atomic mass is 79.9. The van der Waals surface area contributed by atoms with Gasteiger partial charge in [0, 0.05) is 16.6 Å². The average Bonchev–Trinajstić information content (AvgIpc) is 2.55. The Bertz CT molecular complexity index is 588. The van der Waals surface area contributed by atoms with Crippen molar-refractivity contribution in [2.45, 2.75) is 25.7 Å². The maximum atomic E-state index is 11.5. The molecule has 19 heavy (non-hydrogen) atoms. The van der Waals surface area contributed by atoms with Crippen LogP contribution in [0.3, 0.4) is 0 Å². The number of aliphatic hydroxyl groups excluding tert-OH is 1. The molecule has 0 spiro atoms. The highest BCUT2D eigenvalue weighted by Gasteiger charge is 2.38. The van der Waals surface area contributed by atoms with E-state index < -0.39 is 22.0 Å². The smallest absolute Gasteiger partial charge is 0.156 e. The molecule has 0 aliphatic carbocycles. The number of hydrogen-bond acceptors (Lipinski definition) is 5. The minimum atomic E-state index is -3.22. The van der Waals surface area contributed by atoms with Crippen molar-refractivity contribution >= 4 is 25.8 Å². The standard InChI is InChI=1S/C12H16BrNO4S/c1-7-2-9(13)3-8(4-14)12(7)18-11-6-19(16,17)5-10(11)15/h2-3,10-11,15H,4-6,14H2,1H3. The van der Waals surface area contributed by atoms with Crippen LogP contribution in [0.5, 0.6) is 5.75 Å². The first-order valence-electron chi connectivity index (χ1n) is 5.86. The zero-order valence-electron chi connectivity index (χ0n) is 10.5. The van der Waals surface area contributed by atoms with E-state index in [1.807, 2.05) is 19.1 Å². The summed E-state index contributed by atoms with van der Waals surface area (Å²) in [5.41, 5.74) is 7.30. The minimum absolute atomic E-state index is 0.159. The third-order valence-electron chi connectivity index (χ3n) is 3.08. The second-order valence-corrected chi connectivity index (χ2v) is 7.79. The Morgan fingerprint density at radius 1 is 1.47 bits per heavy atom. The summed E-state index contributed by atoms with van der Waals surface area (Å²) in [6.07, 6.45) is -1.71. The third-order valence-corrected chi connectivity index (χ3v) is 5.22. The first-order chi connectivity index (χ1) is 8.82. The monoisotopic (exact) mass is 349 g/mol. The number of aliphatic hydroxyl groups is 1. The van der Waals surface area contributed by atoms with Crippen molar-refractivity contribution in [3.63, 3.8) is 0 Å². The molecular formula is C12H16BrNO4S. The maximum Gasteiger partial charge on any atom is 0.156 e. The van der Waals surface area contributed by atoms with E-state index in [4.69, 9.17) is 10.5 Å². The van der Waals surface area contributed by atoms with Crippen LogP contribution in [0.4, 0.5) is 0 Å². The highest BCUT2D eigenvalue weighted by Crippen LogP contribution is 2.30. The molecule has 0 amide bonds. The Morgan fingerprint density at radius 2 is 2.16 bits per heavy atom. The molecule has 5 nitrogen and oxygen atoms in total. The third kappa shape index (κ3) is 3.28. The Balaban J connectivity index is 2.29. The van der Waals surface area contributed by atoms with Gasteiger partial charge >= 0.3 is 0 Å². The van der Waals surface area contributed by atoms with Crippen molar-refractivity contribution in [3.05, 3.63) is 27.7 Å². The summed E-state index contributed by atoms with van der Waals surface area (Å²) >= 11 is 3.37. The van der Waals surface area contributed by atoms with Crippen molar-refractivity contribution in [2.75, 3.05) is 11.5 Å². The maximum absolute atomic E-state index is 11.5. The number of hydrogen-bond donors (Lipinski definition) is 2. The number of sulfone groups is 1. The Morgan fingerprint density at radius 3 is 2.68 bits per heavy atom. The van der Waals surface area contributed by atoms with Crippen molar-refractivity contribution < 1.29 is 18.3 Å². The largest absolute Gasteiger partial charge is 0.486 e. The zero-order chi connectivity index (χ0) is 14.2. The predicted molar refractivity (Wildman–Crippen MR) is 75.8 cm³/mol. The molecule has 0 aromatic heterocycles. The van der Waals surface area contributed by atoms with Crippen LogP contribution >= 0.6 is 15.9 Å². The second kappa shape index (κ2) is 5.40. The Hall–Kier alpha value is -0.630. The lowest BCUT2D eigenvalue weighted by Gasteiger charge is -2.20. The summed E-state index contributed by atoms with van der Waals surface area (Å²) < 4.78 is 29.5. The Labute approximate surface area is 120 Å². The normalized spacial score (nSPS) is 25.5. The van der Waals surface area contributed by atoms with E-state index in [2.05, 4.69) is 15.9 Å². The summed E-state index contributed by atoms with van der Waals surface area (Å²) in [6, 6.07) is 3.70. The van der Waals surface area contributed by atoms with Gasteiger partial charge in [0.05, 0.1) is 11.5 Å². The summed E-state index contributed by atoms with van der Waals surface area (Å²) in [7, 11) is -3.22. The Kier molecular flexibility index (Phi) is 4.20. The SMILES string of the molecule is Cc1cc(Br)cc(CN)c1OC1CS(=O)(=O)CC1O. The molecule has 3 N–H and O–H groups in total. The van der Waals surface area contributed by atoms with Crippen molar-refractivity contribution in [1.29, 1.82) is 0 Å². The molecule has 0 bridgehead atoms. The summed E-state index contributed by atoms with van der Waals surface area (Å²) in [4.78, 5) is 0. The summed E-state index contributed by atoms with van der Waals surface area (Å²) in [5.74, 6) is 0.158. The van der Waals surface area contributed by atoms with Crippen LogP contribution in [0.1, 0.15) is 11.1 Å². The molecule has 1 aliphatic rings. The highest BCUT2D eigenvalue weighted by molar-refractivity contribution is 9.10. The van der Waals surface area contributed by atoms with E-state index in [0.717, 1.165) is 15.6 Å². The van der Waals surface area contributed by atoms with E-state index in [9.17, 15) is 13.5 Å². The molecule has 2 unspecified atom stereocenters. The van der Waals surface area contributed by atoms with Crippen molar-refractivity contribution in [2.24, 2.45) is 5.73 Å². The van der Waals surface area contributed by atoms with Gasteiger partial charge in [-0.05, 0) is 24.6 Å². The predicted octanol–water partition coefficient (Wildman–Crippen LogP) is 0.753. The average molecular weight is 350 g/mol. The summed E-state index contributed by atoms with van der Waals surface area (Å²) in [6.45, 7) is 2.14. The fourth-order valence-corrected chi connectivity index (χ4v) is 4.46. The molecule has 1 aromatic rings. The van der Waals surface area contributed by atoms with Crippen LogP contribution in [0.25, 0.3) is 0 Å². The molecule has 1 aliphatic heterocycles. The van der Waals surface area contributed by atoms with Crippen LogP contribution in [0, 0.1) is 6.92 Å². The van der Waals surface area contributed by atoms with E-state index in [1.165, 1.54) is 0 Å². The van der Waals surface area contributed by atoms with Crippen molar-refractivity contribution in [1.82, 2.24) is 0 Å². The minimum Gasteiger partial charge on any atom is -0.486 e. The van der Waals surface area contributed by atoms with Gasteiger partial charge < -0.3 is 15.6 Å². The van der Waals surface area contributed by atoms with Gasteiger partial charge in [-0.3, -0.25) is 0 Å². The number of rotatable bonds is 3. The van der Waals surface area contributed by atoms with Gasteiger partial charge in [0.15, 0.2) is 9.84 Å². The number of aryl methyl sites for hydroxylation is 1. The van der Waals surface area contributed by atoms with Crippen LogP contribution < -0.4 is 10.5 Å². The summed E-state index contributed by atoms with van der Waals surface area (Å²) in [5, 5.41) is 9.75. The van der Waals surface area contributed by atoms with Gasteiger partial charge in [-0.15, -0.1) is 0 Å². The van der Waals surface area contributed by atoms with E-state index >= 15 is 0 Å². The number of halogens is 1. The van der Waals surface area contributed by atoms with Gasteiger partial charge in [0.25, 0.3) is 0 Å². The van der Waals surface area contributed by atoms with Crippen LogP contribution in [0.15, 0.2) is 16.6 Å². The first-order valence-corrected chi connectivity index (χ1v) is 8.48. The fourth-order valence-electron chi connectivity index (χ4n) is 2.18. The molecule has 106 valence electrons. The van der Waals surface area contributed by atoms with Crippen LogP contribution in [-0.2, 0) is 16.4 Å². The quantitative estimate of drug-likeness (QED) is 0.840. The van der Waals surface area contributed by atoms with Gasteiger partial charge in [-0.1, -0.05) is 15.9 Å². The molecule has 1 fully saturated rings. The zero-order valence-corrected chi connectivity index (χ0v) is 12.9. The van der Waals surface area contributed by atoms with E-state index in [1.54, 1.807) is 0 Å². The number of ether oxygens (including phenoxy) is 1. The van der Waals surface area contributed by atoms with Gasteiger partial charge in [0.1, 0.15) is 18.0 Å². The topological polar surface area (TPSA) is 89.6 Å². The second-order valence-electron chi connectivity index (χ2n) is 4.72. The first kappa shape index (κ1) is 14.8.